The molecule has 0 fully saturated rings. The van der Waals surface area contributed by atoms with Crippen LogP contribution in [0.1, 0.15) is 0 Å². The third kappa shape index (κ3) is 4.47. The molecule has 4 nitrogen and oxygen atoms in total. The van der Waals surface area contributed by atoms with Gasteiger partial charge < -0.3 is 18.5 Å². The van der Waals surface area contributed by atoms with Crippen molar-refractivity contribution in [3.8, 4) is 11.4 Å². The smallest absolute Gasteiger partial charge is 0.135 e. The highest BCUT2D eigenvalue weighted by Gasteiger charge is 2.23. The number of hydrogen-bond donors (Lipinski definition) is 0. The van der Waals surface area contributed by atoms with Crippen LogP contribution in [0.25, 0.3) is 87.7 Å². The van der Waals surface area contributed by atoms with E-state index in [4.69, 9.17) is 4.42 Å². The van der Waals surface area contributed by atoms with Crippen molar-refractivity contribution in [1.29, 1.82) is 0 Å². The lowest BCUT2D eigenvalue weighted by Crippen LogP contribution is -2.10. The van der Waals surface area contributed by atoms with Crippen molar-refractivity contribution in [3.63, 3.8) is 0 Å². The minimum atomic E-state index is 0.878. The Morgan fingerprint density at radius 2 is 0.982 bits per heavy atom. The quantitative estimate of drug-likeness (QED) is 0.177. The number of aromatic nitrogens is 2. The highest BCUT2D eigenvalue weighted by atomic mass is 16.3. The molecule has 0 amide bonds. The van der Waals surface area contributed by atoms with Gasteiger partial charge in [-0.2, -0.15) is 0 Å². The Morgan fingerprint density at radius 3 is 1.82 bits per heavy atom. The number of benzene rings is 9. The molecule has 0 spiro atoms. The van der Waals surface area contributed by atoms with Crippen LogP contribution in [0.5, 0.6) is 0 Å². The zero-order valence-corrected chi connectivity index (χ0v) is 30.3. The Morgan fingerprint density at radius 1 is 0.357 bits per heavy atom. The molecule has 0 aliphatic rings. The van der Waals surface area contributed by atoms with Gasteiger partial charge in [-0.05, 0) is 90.3 Å². The minimum absolute atomic E-state index is 0.878. The molecule has 56 heavy (non-hydrogen) atoms. The van der Waals surface area contributed by atoms with E-state index in [-0.39, 0.29) is 0 Å². The fourth-order valence-corrected chi connectivity index (χ4v) is 9.07. The molecule has 0 atom stereocenters. The van der Waals surface area contributed by atoms with Crippen LogP contribution in [0.2, 0.25) is 0 Å². The number of rotatable bonds is 5. The average molecular weight is 716 g/mol. The first-order valence-corrected chi connectivity index (χ1v) is 19.1. The van der Waals surface area contributed by atoms with Gasteiger partial charge in [0.2, 0.25) is 0 Å². The van der Waals surface area contributed by atoms with E-state index < -0.39 is 0 Å². The van der Waals surface area contributed by atoms with E-state index in [0.717, 1.165) is 55.9 Å². The summed E-state index contributed by atoms with van der Waals surface area (Å²) in [6, 6.07) is 72.0. The summed E-state index contributed by atoms with van der Waals surface area (Å²) < 4.78 is 11.1. The number of nitrogens with zero attached hydrogens (tertiary/aromatic N) is 3. The van der Waals surface area contributed by atoms with Gasteiger partial charge in [-0.3, -0.25) is 0 Å². The number of furan rings is 1. The van der Waals surface area contributed by atoms with Gasteiger partial charge in [-0.1, -0.05) is 115 Å². The summed E-state index contributed by atoms with van der Waals surface area (Å²) in [5.74, 6) is 0. The normalized spacial score (nSPS) is 11.9. The van der Waals surface area contributed by atoms with Crippen LogP contribution in [0.15, 0.2) is 205 Å². The Hall–Kier alpha value is -7.56. The molecule has 0 radical (unpaired) electrons. The standard InChI is InChI=1S/C52H33N3O/c1-2-14-35(15-3-1)54-46-21-10-7-19-43(46)51-47(22-12-23-48(51)54)53(38-30-32-50-44(33-38)41-18-8-11-24-49(41)56-50)36-26-28-37(29-27-36)55-45-20-9-6-17-40(45)42-31-25-34-13-4-5-16-39(34)52(42)55/h1-33H. The molecule has 12 rings (SSSR count). The third-order valence-corrected chi connectivity index (χ3v) is 11.5. The highest BCUT2D eigenvalue weighted by Crippen LogP contribution is 2.45. The fourth-order valence-electron chi connectivity index (χ4n) is 9.07. The lowest BCUT2D eigenvalue weighted by Gasteiger charge is -2.27. The monoisotopic (exact) mass is 715 g/mol. The van der Waals surface area contributed by atoms with Gasteiger partial charge in [0, 0.05) is 60.5 Å². The molecule has 0 saturated heterocycles. The first-order valence-electron chi connectivity index (χ1n) is 19.1. The van der Waals surface area contributed by atoms with Crippen LogP contribution in [0.4, 0.5) is 17.1 Å². The second-order valence-electron chi connectivity index (χ2n) is 14.5. The van der Waals surface area contributed by atoms with Gasteiger partial charge in [-0.15, -0.1) is 0 Å². The molecule has 0 saturated carbocycles. The van der Waals surface area contributed by atoms with Gasteiger partial charge in [-0.25, -0.2) is 0 Å². The SMILES string of the molecule is c1ccc(-n2c3ccccc3c3c(N(c4ccc(-n5c6ccccc6c6ccc7ccccc7c65)cc4)c4ccc5oc6ccccc6c5c4)cccc32)cc1. The maximum Gasteiger partial charge on any atom is 0.135 e. The van der Waals surface area contributed by atoms with E-state index in [9.17, 15) is 0 Å². The molecule has 0 aliphatic carbocycles. The largest absolute Gasteiger partial charge is 0.456 e. The van der Waals surface area contributed by atoms with Gasteiger partial charge in [0.05, 0.1) is 27.8 Å². The number of fused-ring (bicyclic) bond motifs is 11. The van der Waals surface area contributed by atoms with Crippen molar-refractivity contribution in [2.24, 2.45) is 0 Å². The predicted octanol–water partition coefficient (Wildman–Crippen LogP) is 14.4. The molecule has 9 aromatic carbocycles. The Balaban J connectivity index is 1.12. The molecule has 0 bridgehead atoms. The summed E-state index contributed by atoms with van der Waals surface area (Å²) in [6.07, 6.45) is 0. The van der Waals surface area contributed by atoms with Gasteiger partial charge in [0.15, 0.2) is 0 Å². The van der Waals surface area contributed by atoms with Crippen LogP contribution in [-0.2, 0) is 0 Å². The van der Waals surface area contributed by atoms with Gasteiger partial charge >= 0.3 is 0 Å². The van der Waals surface area contributed by atoms with Crippen molar-refractivity contribution in [2.45, 2.75) is 0 Å². The molecule has 12 aromatic rings. The lowest BCUT2D eigenvalue weighted by atomic mass is 10.1. The van der Waals surface area contributed by atoms with Crippen molar-refractivity contribution < 1.29 is 4.42 Å². The molecule has 262 valence electrons. The van der Waals surface area contributed by atoms with Crippen LogP contribution in [0.3, 0.4) is 0 Å². The molecular formula is C52H33N3O. The fraction of sp³-hybridized carbons (Fsp3) is 0. The van der Waals surface area contributed by atoms with E-state index in [0.29, 0.717) is 0 Å². The van der Waals surface area contributed by atoms with Crippen molar-refractivity contribution in [3.05, 3.63) is 200 Å². The molecular weight excluding hydrogens is 683 g/mol. The number of anilines is 3. The van der Waals surface area contributed by atoms with E-state index in [1.807, 2.05) is 12.1 Å². The van der Waals surface area contributed by atoms with E-state index in [2.05, 4.69) is 202 Å². The first kappa shape index (κ1) is 30.9. The van der Waals surface area contributed by atoms with Crippen molar-refractivity contribution >= 4 is 93.4 Å². The summed E-state index contributed by atoms with van der Waals surface area (Å²) in [5.41, 5.74) is 12.0. The zero-order valence-electron chi connectivity index (χ0n) is 30.3. The highest BCUT2D eigenvalue weighted by molar-refractivity contribution is 6.19. The van der Waals surface area contributed by atoms with Gasteiger partial charge in [0.1, 0.15) is 11.2 Å². The van der Waals surface area contributed by atoms with Crippen LogP contribution < -0.4 is 4.90 Å². The molecule has 0 aliphatic heterocycles. The second kappa shape index (κ2) is 12.0. The predicted molar refractivity (Wildman–Crippen MR) is 235 cm³/mol. The maximum absolute atomic E-state index is 6.31. The Labute approximate surface area is 322 Å². The van der Waals surface area contributed by atoms with Crippen LogP contribution >= 0.6 is 0 Å². The summed E-state index contributed by atoms with van der Waals surface area (Å²) in [4.78, 5) is 2.41. The van der Waals surface area contributed by atoms with Crippen molar-refractivity contribution in [1.82, 2.24) is 9.13 Å². The third-order valence-electron chi connectivity index (χ3n) is 11.5. The second-order valence-corrected chi connectivity index (χ2v) is 14.5. The molecule has 3 heterocycles. The number of hydrogen-bond acceptors (Lipinski definition) is 2. The van der Waals surface area contributed by atoms with E-state index in [1.54, 1.807) is 0 Å². The minimum Gasteiger partial charge on any atom is -0.456 e. The first-order chi connectivity index (χ1) is 27.8. The molecule has 4 heteroatoms. The van der Waals surface area contributed by atoms with Crippen LogP contribution in [0, 0.1) is 0 Å². The summed E-state index contributed by atoms with van der Waals surface area (Å²) in [6.45, 7) is 0. The van der Waals surface area contributed by atoms with Crippen molar-refractivity contribution in [2.75, 3.05) is 4.90 Å². The Bertz CT molecular complexity index is 3480. The van der Waals surface area contributed by atoms with E-state index >= 15 is 0 Å². The number of para-hydroxylation sites is 4. The topological polar surface area (TPSA) is 26.2 Å². The maximum atomic E-state index is 6.31. The summed E-state index contributed by atoms with van der Waals surface area (Å²) in [5, 5.41) is 9.59. The molecule has 0 N–H and O–H groups in total. The molecule has 0 unspecified atom stereocenters. The van der Waals surface area contributed by atoms with Gasteiger partial charge in [0.25, 0.3) is 0 Å². The Kier molecular flexibility index (Phi) is 6.60. The summed E-state index contributed by atoms with van der Waals surface area (Å²) >= 11 is 0. The lowest BCUT2D eigenvalue weighted by molar-refractivity contribution is 0.669. The molecule has 3 aromatic heterocycles. The zero-order chi connectivity index (χ0) is 36.7. The van der Waals surface area contributed by atoms with E-state index in [1.165, 1.54) is 48.9 Å². The van der Waals surface area contributed by atoms with Crippen LogP contribution in [-0.4, -0.2) is 9.13 Å². The average Bonchev–Trinajstić information content (AvgIpc) is 3.92. The summed E-state index contributed by atoms with van der Waals surface area (Å²) in [7, 11) is 0.